The molecule has 4 nitrogen and oxygen atoms in total. The second kappa shape index (κ2) is 5.66. The number of hydrogen-bond acceptors (Lipinski definition) is 4. The quantitative estimate of drug-likeness (QED) is 0.630. The Morgan fingerprint density at radius 1 is 1.16 bits per heavy atom. The highest BCUT2D eigenvalue weighted by Gasteiger charge is 2.74. The Hall–Kier alpha value is -2.75. The van der Waals surface area contributed by atoms with Gasteiger partial charge in [-0.3, -0.25) is 14.4 Å². The third kappa shape index (κ3) is 2.03. The zero-order valence-corrected chi connectivity index (χ0v) is 13.8. The fraction of sp³-hybridized carbons (Fsp3) is 0.286. The highest BCUT2D eigenvalue weighted by atomic mass is 16.5. The van der Waals surface area contributed by atoms with Crippen LogP contribution in [0.25, 0.3) is 6.08 Å². The molecule has 3 aliphatic rings. The minimum absolute atomic E-state index is 0.147. The first-order chi connectivity index (χ1) is 12.1. The van der Waals surface area contributed by atoms with Crippen LogP contribution in [0.3, 0.4) is 0 Å². The Morgan fingerprint density at radius 2 is 1.92 bits per heavy atom. The maximum absolute atomic E-state index is 12.7. The summed E-state index contributed by atoms with van der Waals surface area (Å²) in [5.74, 6) is -2.19. The smallest absolute Gasteiger partial charge is 0.321 e. The Labute approximate surface area is 145 Å². The Balaban J connectivity index is 1.76. The first-order valence-electron chi connectivity index (χ1n) is 8.49. The van der Waals surface area contributed by atoms with Crippen LogP contribution < -0.4 is 0 Å². The summed E-state index contributed by atoms with van der Waals surface area (Å²) in [4.78, 5) is 37.9. The highest BCUT2D eigenvalue weighted by molar-refractivity contribution is 6.20. The van der Waals surface area contributed by atoms with E-state index in [1.54, 1.807) is 6.92 Å². The van der Waals surface area contributed by atoms with Crippen LogP contribution in [0.4, 0.5) is 0 Å². The van der Waals surface area contributed by atoms with Gasteiger partial charge in [0.15, 0.2) is 11.6 Å². The van der Waals surface area contributed by atoms with E-state index >= 15 is 0 Å². The van der Waals surface area contributed by atoms with E-state index in [9.17, 15) is 14.4 Å². The van der Waals surface area contributed by atoms with E-state index in [1.165, 1.54) is 12.2 Å². The van der Waals surface area contributed by atoms with Gasteiger partial charge < -0.3 is 4.74 Å². The van der Waals surface area contributed by atoms with Gasteiger partial charge in [0.1, 0.15) is 5.41 Å². The number of ether oxygens (including phenoxy) is 1. The van der Waals surface area contributed by atoms with Crippen molar-refractivity contribution in [3.05, 3.63) is 65.8 Å². The van der Waals surface area contributed by atoms with E-state index in [0.29, 0.717) is 0 Å². The van der Waals surface area contributed by atoms with Crippen LogP contribution in [0.1, 0.15) is 12.5 Å². The van der Waals surface area contributed by atoms with E-state index in [1.807, 2.05) is 48.6 Å². The molecule has 1 aromatic rings. The standard InChI is InChI=1S/C21H18O4/c1-2-25-20(24)21-15-9-8-14(12-13-6-4-3-5-7-13)18(15)19(21)16(22)10-11-17(21)23/h3-12,15,18-19H,2H2,1H3/b14-12-/t15-,18+,19-,21+/m1/s1. The fourth-order valence-corrected chi connectivity index (χ4v) is 4.48. The van der Waals surface area contributed by atoms with Crippen molar-refractivity contribution >= 4 is 23.6 Å². The van der Waals surface area contributed by atoms with E-state index < -0.39 is 17.3 Å². The van der Waals surface area contributed by atoms with Crippen LogP contribution >= 0.6 is 0 Å². The van der Waals surface area contributed by atoms with Crippen LogP contribution in [-0.4, -0.2) is 24.1 Å². The number of carbonyl (C=O) groups excluding carboxylic acids is 3. The molecule has 126 valence electrons. The van der Waals surface area contributed by atoms with E-state index in [2.05, 4.69) is 0 Å². The van der Waals surface area contributed by atoms with Crippen LogP contribution in [0.2, 0.25) is 0 Å². The largest absolute Gasteiger partial charge is 0.465 e. The van der Waals surface area contributed by atoms with Gasteiger partial charge in [0.25, 0.3) is 0 Å². The molecule has 0 bridgehead atoms. The van der Waals surface area contributed by atoms with Gasteiger partial charge in [0, 0.05) is 11.8 Å². The predicted molar refractivity (Wildman–Crippen MR) is 92.2 cm³/mol. The summed E-state index contributed by atoms with van der Waals surface area (Å²) in [7, 11) is 0. The van der Waals surface area contributed by atoms with Crippen LogP contribution in [0.15, 0.2) is 60.2 Å². The van der Waals surface area contributed by atoms with Crippen molar-refractivity contribution in [3.8, 4) is 0 Å². The van der Waals surface area contributed by atoms with Gasteiger partial charge in [0.2, 0.25) is 0 Å². The van der Waals surface area contributed by atoms with Gasteiger partial charge >= 0.3 is 5.97 Å². The summed E-state index contributed by atoms with van der Waals surface area (Å²) in [5.41, 5.74) is 0.633. The molecule has 1 aromatic carbocycles. The molecule has 0 heterocycles. The summed E-state index contributed by atoms with van der Waals surface area (Å²) in [5, 5.41) is 0. The first kappa shape index (κ1) is 15.8. The lowest BCUT2D eigenvalue weighted by atomic mass is 9.43. The molecule has 0 saturated heterocycles. The Bertz CT molecular complexity index is 846. The van der Waals surface area contributed by atoms with Crippen molar-refractivity contribution in [3.63, 3.8) is 0 Å². The minimum Gasteiger partial charge on any atom is -0.465 e. The first-order valence-corrected chi connectivity index (χ1v) is 8.49. The average Bonchev–Trinajstić information content (AvgIpc) is 2.93. The minimum atomic E-state index is -1.38. The fourth-order valence-electron chi connectivity index (χ4n) is 4.48. The van der Waals surface area contributed by atoms with Crippen molar-refractivity contribution in [1.82, 2.24) is 0 Å². The van der Waals surface area contributed by atoms with Crippen molar-refractivity contribution in [2.75, 3.05) is 6.61 Å². The molecule has 0 spiro atoms. The highest BCUT2D eigenvalue weighted by Crippen LogP contribution is 2.65. The van der Waals surface area contributed by atoms with Crippen LogP contribution in [0.5, 0.6) is 0 Å². The van der Waals surface area contributed by atoms with Gasteiger partial charge in [-0.2, -0.15) is 0 Å². The Morgan fingerprint density at radius 3 is 2.64 bits per heavy atom. The lowest BCUT2D eigenvalue weighted by Crippen LogP contribution is -2.67. The van der Waals surface area contributed by atoms with Crippen molar-refractivity contribution < 1.29 is 19.1 Å². The maximum atomic E-state index is 12.7. The molecule has 1 fully saturated rings. The third-order valence-electron chi connectivity index (χ3n) is 5.50. The SMILES string of the molecule is CCOC(=O)[C@@]12C(=O)C=CC(=O)[C@@H]1[C@H]1/C(=C\c3ccccc3)C=C[C@H]12. The van der Waals surface area contributed by atoms with E-state index in [0.717, 1.165) is 11.1 Å². The molecule has 4 heteroatoms. The predicted octanol–water partition coefficient (Wildman–Crippen LogP) is 2.76. The normalized spacial score (nSPS) is 33.8. The molecule has 25 heavy (non-hydrogen) atoms. The van der Waals surface area contributed by atoms with E-state index in [-0.39, 0.29) is 30.0 Å². The van der Waals surface area contributed by atoms with E-state index in [4.69, 9.17) is 4.74 Å². The molecule has 0 aromatic heterocycles. The third-order valence-corrected chi connectivity index (χ3v) is 5.50. The van der Waals surface area contributed by atoms with Gasteiger partial charge in [-0.05, 0) is 30.2 Å². The molecular weight excluding hydrogens is 316 g/mol. The lowest BCUT2D eigenvalue weighted by molar-refractivity contribution is -0.186. The second-order valence-corrected chi connectivity index (χ2v) is 6.63. The van der Waals surface area contributed by atoms with Crippen LogP contribution in [0, 0.1) is 23.2 Å². The molecule has 0 amide bonds. The molecule has 0 unspecified atom stereocenters. The van der Waals surface area contributed by atoms with Crippen molar-refractivity contribution in [2.24, 2.45) is 23.2 Å². The van der Waals surface area contributed by atoms with Gasteiger partial charge in [-0.1, -0.05) is 48.6 Å². The van der Waals surface area contributed by atoms with Gasteiger partial charge in [-0.25, -0.2) is 0 Å². The van der Waals surface area contributed by atoms with Crippen molar-refractivity contribution in [1.29, 1.82) is 0 Å². The number of benzene rings is 1. The molecule has 0 radical (unpaired) electrons. The maximum Gasteiger partial charge on any atom is 0.321 e. The monoisotopic (exact) mass is 334 g/mol. The number of allylic oxidation sites excluding steroid dienone is 5. The molecule has 0 N–H and O–H groups in total. The molecular formula is C21H18O4. The van der Waals surface area contributed by atoms with Gasteiger partial charge in [-0.15, -0.1) is 0 Å². The lowest BCUT2D eigenvalue weighted by Gasteiger charge is -2.55. The summed E-state index contributed by atoms with van der Waals surface area (Å²) in [6.45, 7) is 1.89. The topological polar surface area (TPSA) is 60.4 Å². The number of rotatable bonds is 3. The van der Waals surface area contributed by atoms with Crippen LogP contribution in [-0.2, 0) is 19.1 Å². The number of carbonyl (C=O) groups is 3. The zero-order valence-electron chi connectivity index (χ0n) is 13.8. The van der Waals surface area contributed by atoms with Crippen molar-refractivity contribution in [2.45, 2.75) is 6.92 Å². The number of ketones is 2. The summed E-state index contributed by atoms with van der Waals surface area (Å²) < 4.78 is 5.19. The zero-order chi connectivity index (χ0) is 17.6. The molecule has 4 rings (SSSR count). The molecule has 4 atom stereocenters. The number of esters is 1. The Kier molecular flexibility index (Phi) is 3.57. The summed E-state index contributed by atoms with van der Waals surface area (Å²) in [6, 6.07) is 9.81. The molecule has 1 saturated carbocycles. The molecule has 0 aliphatic heterocycles. The second-order valence-electron chi connectivity index (χ2n) is 6.63. The number of hydrogen-bond donors (Lipinski definition) is 0. The molecule has 3 aliphatic carbocycles. The summed E-state index contributed by atoms with van der Waals surface area (Å²) >= 11 is 0. The number of fused-ring (bicyclic) bond motifs is 4. The summed E-state index contributed by atoms with van der Waals surface area (Å²) in [6.07, 6.45) is 8.38. The average molecular weight is 334 g/mol. The van der Waals surface area contributed by atoms with Gasteiger partial charge in [0.05, 0.1) is 12.5 Å².